The monoisotopic (exact) mass is 364 g/mol. The van der Waals surface area contributed by atoms with Crippen LogP contribution in [0.2, 0.25) is 0 Å². The molecule has 0 spiro atoms. The lowest BCUT2D eigenvalue weighted by molar-refractivity contribution is 0.509. The maximum absolute atomic E-state index is 4.88. The Balaban J connectivity index is 1.59. The Labute approximate surface area is 161 Å². The zero-order valence-electron chi connectivity index (χ0n) is 16.4. The zero-order chi connectivity index (χ0) is 18.8. The summed E-state index contributed by atoms with van der Waals surface area (Å²) in [6.45, 7) is 10.1. The smallest absolute Gasteiger partial charge is 0.227 e. The molecule has 4 rings (SSSR count). The molecule has 27 heavy (non-hydrogen) atoms. The average Bonchev–Trinajstić information content (AvgIpc) is 3.00. The van der Waals surface area contributed by atoms with E-state index in [-0.39, 0.29) is 0 Å². The molecule has 1 saturated heterocycles. The molecule has 2 N–H and O–H groups in total. The number of nitrogens with one attached hydrogen (secondary N) is 2. The first-order valence-corrected chi connectivity index (χ1v) is 9.87. The molecule has 1 aromatic carbocycles. The summed E-state index contributed by atoms with van der Waals surface area (Å²) in [5, 5.41) is 7.11. The first-order chi connectivity index (χ1) is 13.1. The Morgan fingerprint density at radius 2 is 2.11 bits per heavy atom. The van der Waals surface area contributed by atoms with Crippen LogP contribution in [-0.2, 0) is 6.54 Å². The first-order valence-electron chi connectivity index (χ1n) is 9.87. The van der Waals surface area contributed by atoms with Gasteiger partial charge in [-0.3, -0.25) is 4.99 Å². The van der Waals surface area contributed by atoms with Gasteiger partial charge in [0.1, 0.15) is 5.82 Å². The first kappa shape index (κ1) is 17.9. The minimum absolute atomic E-state index is 0.590. The lowest BCUT2D eigenvalue weighted by atomic mass is 10.1. The summed E-state index contributed by atoms with van der Waals surface area (Å²) < 4.78 is 0. The van der Waals surface area contributed by atoms with Crippen molar-refractivity contribution < 1.29 is 0 Å². The van der Waals surface area contributed by atoms with Crippen LogP contribution in [0.5, 0.6) is 0 Å². The van der Waals surface area contributed by atoms with Crippen molar-refractivity contribution in [2.24, 2.45) is 4.99 Å². The van der Waals surface area contributed by atoms with Crippen LogP contribution in [0.1, 0.15) is 42.1 Å². The summed E-state index contributed by atoms with van der Waals surface area (Å²) in [7, 11) is 0. The Hall–Kier alpha value is -2.47. The van der Waals surface area contributed by atoms with Gasteiger partial charge < -0.3 is 15.5 Å². The lowest BCUT2D eigenvalue weighted by Crippen LogP contribution is -2.31. The van der Waals surface area contributed by atoms with Crippen LogP contribution in [0, 0.1) is 13.8 Å². The van der Waals surface area contributed by atoms with Crippen LogP contribution in [0.4, 0.5) is 17.5 Å². The Morgan fingerprint density at radius 1 is 1.22 bits per heavy atom. The van der Waals surface area contributed by atoms with E-state index in [2.05, 4.69) is 59.5 Å². The van der Waals surface area contributed by atoms with Gasteiger partial charge in [-0.2, -0.15) is 4.98 Å². The molecular weight excluding hydrogens is 336 g/mol. The van der Waals surface area contributed by atoms with E-state index in [0.29, 0.717) is 6.04 Å². The molecule has 142 valence electrons. The van der Waals surface area contributed by atoms with Crippen molar-refractivity contribution in [2.45, 2.75) is 46.2 Å². The number of anilines is 3. The van der Waals surface area contributed by atoms with E-state index >= 15 is 0 Å². The van der Waals surface area contributed by atoms with Crippen molar-refractivity contribution >= 4 is 23.7 Å². The number of rotatable bonds is 4. The molecule has 6 heteroatoms. The molecule has 6 nitrogen and oxygen atoms in total. The highest BCUT2D eigenvalue weighted by molar-refractivity contribution is 5.86. The van der Waals surface area contributed by atoms with Gasteiger partial charge in [-0.1, -0.05) is 13.0 Å². The predicted molar refractivity (Wildman–Crippen MR) is 111 cm³/mol. The summed E-state index contributed by atoms with van der Waals surface area (Å²) in [6, 6.07) is 6.98. The third-order valence-corrected chi connectivity index (χ3v) is 5.62. The molecule has 0 radical (unpaired) electrons. The number of fused-ring (bicyclic) bond motifs is 1. The molecule has 1 atom stereocenters. The lowest BCUT2D eigenvalue weighted by Gasteiger charge is -2.22. The van der Waals surface area contributed by atoms with Gasteiger partial charge in [0.25, 0.3) is 0 Å². The molecule has 0 saturated carbocycles. The maximum atomic E-state index is 4.88. The van der Waals surface area contributed by atoms with Crippen molar-refractivity contribution in [2.75, 3.05) is 29.9 Å². The summed E-state index contributed by atoms with van der Waals surface area (Å²) in [6.07, 6.45) is 4.23. The van der Waals surface area contributed by atoms with Gasteiger partial charge in [-0.15, -0.1) is 0 Å². The van der Waals surface area contributed by atoms with E-state index in [1.165, 1.54) is 11.1 Å². The molecule has 2 aromatic rings. The van der Waals surface area contributed by atoms with Gasteiger partial charge in [-0.05, 0) is 49.9 Å². The third kappa shape index (κ3) is 3.81. The fourth-order valence-corrected chi connectivity index (χ4v) is 3.67. The van der Waals surface area contributed by atoms with Crippen molar-refractivity contribution in [1.29, 1.82) is 0 Å². The molecule has 1 unspecified atom stereocenters. The second-order valence-electron chi connectivity index (χ2n) is 7.43. The molecule has 1 fully saturated rings. The van der Waals surface area contributed by atoms with E-state index in [9.17, 15) is 0 Å². The second-order valence-corrected chi connectivity index (χ2v) is 7.43. The van der Waals surface area contributed by atoms with E-state index in [1.807, 2.05) is 6.21 Å². The van der Waals surface area contributed by atoms with Gasteiger partial charge in [-0.25, -0.2) is 4.98 Å². The van der Waals surface area contributed by atoms with Gasteiger partial charge in [0, 0.05) is 48.8 Å². The zero-order valence-corrected chi connectivity index (χ0v) is 16.4. The van der Waals surface area contributed by atoms with Gasteiger partial charge >= 0.3 is 0 Å². The predicted octanol–water partition coefficient (Wildman–Crippen LogP) is 3.35. The topological polar surface area (TPSA) is 65.4 Å². The number of aryl methyl sites for hydroxylation is 1. The van der Waals surface area contributed by atoms with Gasteiger partial charge in [0.15, 0.2) is 0 Å². The van der Waals surface area contributed by atoms with Crippen molar-refractivity contribution in [3.05, 3.63) is 40.6 Å². The Morgan fingerprint density at radius 3 is 2.96 bits per heavy atom. The average molecular weight is 364 g/mol. The fourth-order valence-electron chi connectivity index (χ4n) is 3.67. The fraction of sp³-hybridized carbons (Fsp3) is 0.476. The van der Waals surface area contributed by atoms with Crippen molar-refractivity contribution in [3.63, 3.8) is 0 Å². The van der Waals surface area contributed by atoms with Crippen LogP contribution >= 0.6 is 0 Å². The maximum Gasteiger partial charge on any atom is 0.227 e. The van der Waals surface area contributed by atoms with Gasteiger partial charge in [0.05, 0.1) is 6.54 Å². The second kappa shape index (κ2) is 7.64. The number of aromatic nitrogens is 2. The van der Waals surface area contributed by atoms with Crippen LogP contribution in [-0.4, -0.2) is 41.9 Å². The number of nitrogens with zero attached hydrogens (tertiary/aromatic N) is 4. The van der Waals surface area contributed by atoms with E-state index in [4.69, 9.17) is 9.97 Å². The molecule has 2 aliphatic rings. The molecule has 2 aliphatic heterocycles. The van der Waals surface area contributed by atoms with E-state index in [1.54, 1.807) is 0 Å². The molecule has 1 aromatic heterocycles. The van der Waals surface area contributed by atoms with Crippen LogP contribution in [0.25, 0.3) is 0 Å². The van der Waals surface area contributed by atoms with Crippen molar-refractivity contribution in [1.82, 2.24) is 15.3 Å². The quantitative estimate of drug-likeness (QED) is 0.871. The molecule has 0 amide bonds. The SMILES string of the molecule is CCC1CCN(c2nc(C)c(C)c(Nc3ccc4c(c3)C=NC4)n2)CCN1. The molecule has 0 bridgehead atoms. The van der Waals surface area contributed by atoms with Gasteiger partial charge in [0.2, 0.25) is 5.95 Å². The Bertz CT molecular complexity index is 860. The minimum atomic E-state index is 0.590. The minimum Gasteiger partial charge on any atom is -0.340 e. The highest BCUT2D eigenvalue weighted by Gasteiger charge is 2.19. The summed E-state index contributed by atoms with van der Waals surface area (Å²) in [4.78, 5) is 16.3. The number of hydrogen-bond acceptors (Lipinski definition) is 6. The van der Waals surface area contributed by atoms with Crippen LogP contribution < -0.4 is 15.5 Å². The van der Waals surface area contributed by atoms with E-state index in [0.717, 1.165) is 67.7 Å². The largest absolute Gasteiger partial charge is 0.340 e. The summed E-state index contributed by atoms with van der Waals surface area (Å²) >= 11 is 0. The highest BCUT2D eigenvalue weighted by Crippen LogP contribution is 2.26. The van der Waals surface area contributed by atoms with Crippen LogP contribution in [0.3, 0.4) is 0 Å². The molecule has 0 aliphatic carbocycles. The number of benzene rings is 1. The summed E-state index contributed by atoms with van der Waals surface area (Å²) in [5.41, 5.74) is 5.62. The summed E-state index contributed by atoms with van der Waals surface area (Å²) in [5.74, 6) is 1.71. The Kier molecular flexibility index (Phi) is 5.07. The van der Waals surface area contributed by atoms with Crippen molar-refractivity contribution in [3.8, 4) is 0 Å². The normalized spacial score (nSPS) is 19.1. The number of aliphatic imine (C=N–C) groups is 1. The number of hydrogen-bond donors (Lipinski definition) is 2. The van der Waals surface area contributed by atoms with E-state index < -0.39 is 0 Å². The highest BCUT2D eigenvalue weighted by atomic mass is 15.3. The molecule has 3 heterocycles. The molecular formula is C21H28N6. The third-order valence-electron chi connectivity index (χ3n) is 5.62. The van der Waals surface area contributed by atoms with Crippen LogP contribution in [0.15, 0.2) is 23.2 Å². The standard InChI is InChI=1S/C21H28N6/c1-4-18-7-9-27(10-8-23-18)21-24-15(3)14(2)20(26-21)25-19-6-5-16-12-22-13-17(16)11-19/h5-6,11,13,18,23H,4,7-10,12H2,1-3H3,(H,24,25,26).